The van der Waals surface area contributed by atoms with Crippen molar-refractivity contribution in [1.82, 2.24) is 15.2 Å². The number of carbonyl (C=O) groups excluding carboxylic acids is 2. The van der Waals surface area contributed by atoms with Crippen LogP contribution in [-0.4, -0.2) is 99.2 Å². The number of hydrogen-bond donors (Lipinski definition) is 2. The molecule has 5 rings (SSSR count). The van der Waals surface area contributed by atoms with E-state index in [0.29, 0.717) is 31.1 Å². The first kappa shape index (κ1) is 34.0. The molecule has 2 aromatic rings. The largest absolute Gasteiger partial charge is 0.445 e. The molecule has 2 N–H and O–H groups in total. The molecule has 2 amide bonds. The van der Waals surface area contributed by atoms with Crippen LogP contribution in [0.5, 0.6) is 0 Å². The van der Waals surface area contributed by atoms with E-state index in [2.05, 4.69) is 40.5 Å². The summed E-state index contributed by atoms with van der Waals surface area (Å²) in [6.45, 7) is 5.29. The number of nitrogens with one attached hydrogen (secondary N) is 1. The predicted molar refractivity (Wildman–Crippen MR) is 167 cm³/mol. The Kier molecular flexibility index (Phi) is 12.1. The van der Waals surface area contributed by atoms with E-state index < -0.39 is 18.5 Å². The number of alkyl halides is 2. The molecule has 13 heteroatoms. The summed E-state index contributed by atoms with van der Waals surface area (Å²) in [5.74, 6) is -0.418. The lowest BCUT2D eigenvalue weighted by atomic mass is 9.88. The Hall–Kier alpha value is -3.84. The fourth-order valence-electron chi connectivity index (χ4n) is 5.94. The number of nitrogens with zero attached hydrogens (tertiary/aromatic N) is 5. The van der Waals surface area contributed by atoms with Crippen LogP contribution in [0.2, 0.25) is 0 Å². The highest BCUT2D eigenvalue weighted by molar-refractivity contribution is 5.95. The maximum atomic E-state index is 15.3. The second-order valence-electron chi connectivity index (χ2n) is 11.6. The lowest BCUT2D eigenvalue weighted by Crippen LogP contribution is -2.42. The summed E-state index contributed by atoms with van der Waals surface area (Å²) >= 11 is 0. The van der Waals surface area contributed by atoms with Crippen molar-refractivity contribution in [3.8, 4) is 0 Å². The van der Waals surface area contributed by atoms with Crippen LogP contribution < -0.4 is 15.2 Å². The quantitative estimate of drug-likeness (QED) is 0.385. The molecule has 0 spiro atoms. The van der Waals surface area contributed by atoms with Crippen molar-refractivity contribution < 1.29 is 32.6 Å². The third-order valence-corrected chi connectivity index (χ3v) is 8.60. The summed E-state index contributed by atoms with van der Waals surface area (Å²) < 4.78 is 46.2. The van der Waals surface area contributed by atoms with Gasteiger partial charge < -0.3 is 29.4 Å². The van der Waals surface area contributed by atoms with Crippen LogP contribution >= 0.6 is 0 Å². The average Bonchev–Trinajstić information content (AvgIpc) is 3.56. The monoisotopic (exact) mass is 632 g/mol. The van der Waals surface area contributed by atoms with Crippen LogP contribution in [0.15, 0.2) is 41.5 Å². The van der Waals surface area contributed by atoms with E-state index in [1.807, 2.05) is 12.1 Å². The number of aliphatic hydroxyl groups is 1. The van der Waals surface area contributed by atoms with Gasteiger partial charge in [0.15, 0.2) is 0 Å². The predicted octanol–water partition coefficient (Wildman–Crippen LogP) is 3.73. The molecule has 45 heavy (non-hydrogen) atoms. The van der Waals surface area contributed by atoms with Crippen molar-refractivity contribution >= 4 is 30.1 Å². The second kappa shape index (κ2) is 15.9. The van der Waals surface area contributed by atoms with Crippen LogP contribution in [-0.2, 0) is 20.9 Å². The van der Waals surface area contributed by atoms with E-state index in [1.165, 1.54) is 23.1 Å². The molecule has 0 bridgehead atoms. The minimum Gasteiger partial charge on any atom is -0.445 e. The Morgan fingerprint density at radius 1 is 1.07 bits per heavy atom. The van der Waals surface area contributed by atoms with Crippen molar-refractivity contribution in [1.29, 1.82) is 0 Å². The summed E-state index contributed by atoms with van der Waals surface area (Å²) in [6.07, 6.45) is 0.954. The van der Waals surface area contributed by atoms with Gasteiger partial charge in [0, 0.05) is 43.9 Å². The molecule has 1 atom stereocenters. The van der Waals surface area contributed by atoms with Gasteiger partial charge in [-0.3, -0.25) is 15.0 Å². The number of carbonyl (C=O) groups is 2. The van der Waals surface area contributed by atoms with Gasteiger partial charge in [-0.25, -0.2) is 13.2 Å². The molecule has 2 fully saturated rings. The molecule has 0 radical (unpaired) electrons. The average molecular weight is 633 g/mol. The number of hydrazone groups is 1. The molecular formula is C32H43F3N6O4. The number of aliphatic hydroxyl groups excluding tert-OH is 1. The van der Waals surface area contributed by atoms with E-state index in [-0.39, 0.29) is 36.2 Å². The maximum absolute atomic E-state index is 15.3. The Morgan fingerprint density at radius 3 is 2.33 bits per heavy atom. The fourth-order valence-corrected chi connectivity index (χ4v) is 5.94. The highest BCUT2D eigenvalue weighted by Crippen LogP contribution is 2.38. The molecule has 246 valence electrons. The molecule has 1 unspecified atom stereocenters. The first-order chi connectivity index (χ1) is 21.7. The molecule has 3 heterocycles. The van der Waals surface area contributed by atoms with Gasteiger partial charge in [-0.05, 0) is 88.5 Å². The fraction of sp³-hybridized carbons (Fsp3) is 0.531. The minimum absolute atomic E-state index is 0.0217. The number of hydrogen-bond acceptors (Lipinski definition) is 8. The van der Waals surface area contributed by atoms with Gasteiger partial charge in [0.05, 0.1) is 17.9 Å². The first-order valence-electron chi connectivity index (χ1n) is 15.3. The summed E-state index contributed by atoms with van der Waals surface area (Å²) in [7, 11) is 4.16. The first-order valence-corrected chi connectivity index (χ1v) is 15.3. The van der Waals surface area contributed by atoms with Gasteiger partial charge in [0.1, 0.15) is 5.82 Å². The third-order valence-electron chi connectivity index (χ3n) is 8.60. The number of benzene rings is 2. The Labute approximate surface area is 262 Å². The van der Waals surface area contributed by atoms with E-state index in [4.69, 9.17) is 9.84 Å². The van der Waals surface area contributed by atoms with Gasteiger partial charge in [-0.15, -0.1) is 5.10 Å². The van der Waals surface area contributed by atoms with E-state index in [0.717, 1.165) is 56.4 Å². The van der Waals surface area contributed by atoms with E-state index >= 15 is 4.39 Å². The maximum Gasteiger partial charge on any atom is 0.294 e. The van der Waals surface area contributed by atoms with Crippen molar-refractivity contribution in [2.24, 2.45) is 5.10 Å². The molecule has 0 saturated carbocycles. The standard InChI is InChI=1S/C30H37F3N6O3.C2H6O/c1-36-11-9-24(10-12-36)37(2)27-16-21(20-7-13-38(18-40)14-8-20)5-6-26(27)39(19-41)17-23-4-3-22(15-25(23)31)29-34-35-30(42-29)28(32)33;1-2-3/h3-6,15-16,18-20,24,28,30,35H,7-14,17H2,1-2H3;3H,2H2,1H3. The number of halogens is 3. The second-order valence-corrected chi connectivity index (χ2v) is 11.6. The van der Waals surface area contributed by atoms with Crippen LogP contribution in [0.4, 0.5) is 24.5 Å². The smallest absolute Gasteiger partial charge is 0.294 e. The van der Waals surface area contributed by atoms with Crippen LogP contribution in [0.25, 0.3) is 0 Å². The lowest BCUT2D eigenvalue weighted by molar-refractivity contribution is -0.119. The van der Waals surface area contributed by atoms with Gasteiger partial charge in [0.25, 0.3) is 6.43 Å². The van der Waals surface area contributed by atoms with Crippen molar-refractivity contribution in [2.45, 2.75) is 63.8 Å². The molecular weight excluding hydrogens is 589 g/mol. The molecule has 0 aromatic heterocycles. The number of rotatable bonds is 10. The zero-order valence-corrected chi connectivity index (χ0v) is 26.0. The Balaban J connectivity index is 0.00000148. The van der Waals surface area contributed by atoms with E-state index in [9.17, 15) is 18.4 Å². The molecule has 2 saturated heterocycles. The molecule has 3 aliphatic rings. The molecule has 2 aromatic carbocycles. The summed E-state index contributed by atoms with van der Waals surface area (Å²) in [6, 6.07) is 10.6. The number of piperidine rings is 2. The topological polar surface area (TPSA) is 101 Å². The van der Waals surface area contributed by atoms with Crippen molar-refractivity contribution in [2.75, 3.05) is 56.7 Å². The Bertz CT molecular complexity index is 1320. The number of anilines is 2. The van der Waals surface area contributed by atoms with Crippen molar-refractivity contribution in [3.05, 3.63) is 58.9 Å². The minimum atomic E-state index is -2.78. The summed E-state index contributed by atoms with van der Waals surface area (Å²) in [5.41, 5.74) is 5.42. The van der Waals surface area contributed by atoms with Crippen molar-refractivity contribution in [3.63, 3.8) is 0 Å². The SMILES string of the molecule is CCO.CN1CCC(N(C)c2cc(C3CCN(C=O)CC3)ccc2N(C=O)Cc2ccc(C3=NNC(C(F)F)O3)cc2F)CC1. The third kappa shape index (κ3) is 8.46. The lowest BCUT2D eigenvalue weighted by Gasteiger charge is -2.38. The molecule has 3 aliphatic heterocycles. The van der Waals surface area contributed by atoms with Crippen LogP contribution in [0.1, 0.15) is 55.2 Å². The van der Waals surface area contributed by atoms with E-state index in [1.54, 1.807) is 11.8 Å². The van der Waals surface area contributed by atoms with Crippen LogP contribution in [0.3, 0.4) is 0 Å². The number of likely N-dealkylation sites (tertiary alicyclic amines) is 2. The highest BCUT2D eigenvalue weighted by atomic mass is 19.3. The molecule has 0 aliphatic carbocycles. The van der Waals surface area contributed by atoms with Gasteiger partial charge in [-0.1, -0.05) is 12.1 Å². The van der Waals surface area contributed by atoms with Gasteiger partial charge >= 0.3 is 0 Å². The Morgan fingerprint density at radius 2 is 1.76 bits per heavy atom. The number of amides is 2. The molecule has 10 nitrogen and oxygen atoms in total. The number of ether oxygens (including phenoxy) is 1. The van der Waals surface area contributed by atoms with Gasteiger partial charge in [-0.2, -0.15) is 0 Å². The van der Waals surface area contributed by atoms with Crippen LogP contribution in [0, 0.1) is 5.82 Å². The normalized spacial score (nSPS) is 19.2. The summed E-state index contributed by atoms with van der Waals surface area (Å²) in [4.78, 5) is 31.5. The zero-order chi connectivity index (χ0) is 32.5. The summed E-state index contributed by atoms with van der Waals surface area (Å²) in [5, 5.41) is 11.3. The zero-order valence-electron chi connectivity index (χ0n) is 26.0. The van der Waals surface area contributed by atoms with Gasteiger partial charge in [0.2, 0.25) is 24.9 Å². The highest BCUT2D eigenvalue weighted by Gasteiger charge is 2.30.